The highest BCUT2D eigenvalue weighted by molar-refractivity contribution is 4.36. The van der Waals surface area contributed by atoms with Crippen molar-refractivity contribution in [2.45, 2.75) is 46.2 Å². The quantitative estimate of drug-likeness (QED) is 0.459. The van der Waals surface area contributed by atoms with Crippen molar-refractivity contribution in [1.82, 2.24) is 0 Å². The van der Waals surface area contributed by atoms with Gasteiger partial charge in [0.1, 0.15) is 0 Å². The molecular weight excluding hydrogens is 184 g/mol. The Hall–Kier alpha value is -0.160. The second kappa shape index (κ2) is 9.40. The fourth-order valence-electron chi connectivity index (χ4n) is 0.938. The molecule has 4 heteroatoms. The fourth-order valence-corrected chi connectivity index (χ4v) is 0.938. The van der Waals surface area contributed by atoms with Gasteiger partial charge in [-0.3, -0.25) is 0 Å². The molecule has 0 heterocycles. The van der Waals surface area contributed by atoms with Crippen LogP contribution in [-0.4, -0.2) is 37.5 Å². The van der Waals surface area contributed by atoms with Gasteiger partial charge in [0.05, 0.1) is 13.2 Å². The first-order valence-electron chi connectivity index (χ1n) is 5.19. The third-order valence-corrected chi connectivity index (χ3v) is 1.61. The Balaban J connectivity index is 3.10. The fraction of sp³-hybridized carbons (Fsp3) is 1.00. The van der Waals surface area contributed by atoms with E-state index in [9.17, 15) is 0 Å². The van der Waals surface area contributed by atoms with E-state index in [0.29, 0.717) is 13.2 Å². The summed E-state index contributed by atoms with van der Waals surface area (Å²) in [6.45, 7) is 7.28. The molecule has 0 fully saturated rings. The van der Waals surface area contributed by atoms with E-state index < -0.39 is 6.29 Å². The second-order valence-electron chi connectivity index (χ2n) is 3.14. The molecule has 0 aliphatic heterocycles. The maximum absolute atomic E-state index is 8.86. The van der Waals surface area contributed by atoms with Crippen molar-refractivity contribution in [3.8, 4) is 0 Å². The SMILES string of the molecule is CCCCOCCOC(C)OC(C)O. The Morgan fingerprint density at radius 2 is 1.86 bits per heavy atom. The Labute approximate surface area is 86.2 Å². The summed E-state index contributed by atoms with van der Waals surface area (Å²) in [6, 6.07) is 0. The highest BCUT2D eigenvalue weighted by atomic mass is 16.7. The third-order valence-electron chi connectivity index (χ3n) is 1.61. The number of hydrogen-bond donors (Lipinski definition) is 1. The summed E-state index contributed by atoms with van der Waals surface area (Å²) < 4.78 is 15.5. The van der Waals surface area contributed by atoms with E-state index in [1.165, 1.54) is 0 Å². The zero-order valence-electron chi connectivity index (χ0n) is 9.36. The highest BCUT2D eigenvalue weighted by Gasteiger charge is 2.04. The minimum Gasteiger partial charge on any atom is -0.379 e. The van der Waals surface area contributed by atoms with Crippen LogP contribution in [0.25, 0.3) is 0 Å². The van der Waals surface area contributed by atoms with Crippen LogP contribution in [0, 0.1) is 0 Å². The number of hydrogen-bond acceptors (Lipinski definition) is 4. The molecule has 0 aliphatic carbocycles. The van der Waals surface area contributed by atoms with Gasteiger partial charge in [0.15, 0.2) is 12.6 Å². The summed E-state index contributed by atoms with van der Waals surface area (Å²) in [5.41, 5.74) is 0. The maximum Gasteiger partial charge on any atom is 0.158 e. The predicted octanol–water partition coefficient (Wildman–Crippen LogP) is 1.52. The standard InChI is InChI=1S/C10H22O4/c1-4-5-6-12-7-8-13-10(3)14-9(2)11/h9-11H,4-8H2,1-3H3. The molecule has 0 radical (unpaired) electrons. The van der Waals surface area contributed by atoms with E-state index >= 15 is 0 Å². The summed E-state index contributed by atoms with van der Waals surface area (Å²) in [5, 5.41) is 8.86. The van der Waals surface area contributed by atoms with Crippen LogP contribution in [0.2, 0.25) is 0 Å². The van der Waals surface area contributed by atoms with Gasteiger partial charge in [0, 0.05) is 6.61 Å². The van der Waals surface area contributed by atoms with Gasteiger partial charge in [0.25, 0.3) is 0 Å². The van der Waals surface area contributed by atoms with Crippen molar-refractivity contribution in [3.63, 3.8) is 0 Å². The molecule has 0 amide bonds. The normalized spacial score (nSPS) is 15.4. The first kappa shape index (κ1) is 13.8. The molecule has 0 spiro atoms. The average Bonchev–Trinajstić information content (AvgIpc) is 2.10. The van der Waals surface area contributed by atoms with Gasteiger partial charge in [-0.1, -0.05) is 13.3 Å². The molecule has 86 valence electrons. The molecule has 4 nitrogen and oxygen atoms in total. The summed E-state index contributed by atoms with van der Waals surface area (Å²) in [7, 11) is 0. The van der Waals surface area contributed by atoms with E-state index in [4.69, 9.17) is 19.3 Å². The minimum atomic E-state index is -0.786. The lowest BCUT2D eigenvalue weighted by Crippen LogP contribution is -2.21. The van der Waals surface area contributed by atoms with Gasteiger partial charge in [-0.05, 0) is 20.3 Å². The Morgan fingerprint density at radius 3 is 2.43 bits per heavy atom. The smallest absolute Gasteiger partial charge is 0.158 e. The molecule has 0 bridgehead atoms. The molecule has 0 rings (SSSR count). The molecule has 0 aliphatic rings. The summed E-state index contributed by atoms with van der Waals surface area (Å²) in [4.78, 5) is 0. The molecule has 0 saturated heterocycles. The first-order chi connectivity index (χ1) is 6.66. The number of ether oxygens (including phenoxy) is 3. The van der Waals surface area contributed by atoms with Crippen LogP contribution in [0.15, 0.2) is 0 Å². The molecule has 0 saturated carbocycles. The van der Waals surface area contributed by atoms with E-state index in [1.807, 2.05) is 0 Å². The van der Waals surface area contributed by atoms with Crippen molar-refractivity contribution < 1.29 is 19.3 Å². The van der Waals surface area contributed by atoms with Gasteiger partial charge in [-0.2, -0.15) is 0 Å². The van der Waals surface area contributed by atoms with Crippen LogP contribution in [0.1, 0.15) is 33.6 Å². The van der Waals surface area contributed by atoms with Gasteiger partial charge < -0.3 is 19.3 Å². The summed E-state index contributed by atoms with van der Waals surface area (Å²) in [6.07, 6.45) is 1.05. The molecule has 14 heavy (non-hydrogen) atoms. The zero-order chi connectivity index (χ0) is 10.8. The molecule has 2 atom stereocenters. The minimum absolute atomic E-state index is 0.384. The third kappa shape index (κ3) is 9.92. The Morgan fingerprint density at radius 1 is 1.14 bits per heavy atom. The molecule has 0 aromatic heterocycles. The average molecular weight is 206 g/mol. The van der Waals surface area contributed by atoms with Crippen molar-refractivity contribution in [3.05, 3.63) is 0 Å². The van der Waals surface area contributed by atoms with E-state index in [0.717, 1.165) is 19.4 Å². The second-order valence-corrected chi connectivity index (χ2v) is 3.14. The van der Waals surface area contributed by atoms with Gasteiger partial charge in [-0.15, -0.1) is 0 Å². The van der Waals surface area contributed by atoms with Crippen LogP contribution >= 0.6 is 0 Å². The van der Waals surface area contributed by atoms with Crippen LogP contribution in [-0.2, 0) is 14.2 Å². The Kier molecular flexibility index (Phi) is 9.29. The lowest BCUT2D eigenvalue weighted by atomic mass is 10.4. The van der Waals surface area contributed by atoms with E-state index in [2.05, 4.69) is 6.92 Å². The van der Waals surface area contributed by atoms with E-state index in [-0.39, 0.29) is 6.29 Å². The topological polar surface area (TPSA) is 47.9 Å². The summed E-state index contributed by atoms with van der Waals surface area (Å²) in [5.74, 6) is 0. The zero-order valence-corrected chi connectivity index (χ0v) is 9.36. The van der Waals surface area contributed by atoms with Crippen molar-refractivity contribution in [2.24, 2.45) is 0 Å². The van der Waals surface area contributed by atoms with Crippen molar-refractivity contribution in [2.75, 3.05) is 19.8 Å². The van der Waals surface area contributed by atoms with Crippen LogP contribution < -0.4 is 0 Å². The predicted molar refractivity (Wildman–Crippen MR) is 53.9 cm³/mol. The monoisotopic (exact) mass is 206 g/mol. The lowest BCUT2D eigenvalue weighted by Gasteiger charge is -2.15. The largest absolute Gasteiger partial charge is 0.379 e. The number of aliphatic hydroxyl groups is 1. The highest BCUT2D eigenvalue weighted by Crippen LogP contribution is 1.97. The van der Waals surface area contributed by atoms with Gasteiger partial charge in [0.2, 0.25) is 0 Å². The van der Waals surface area contributed by atoms with Gasteiger partial charge >= 0.3 is 0 Å². The summed E-state index contributed by atoms with van der Waals surface area (Å²) >= 11 is 0. The number of aliphatic hydroxyl groups excluding tert-OH is 1. The maximum atomic E-state index is 8.86. The van der Waals surface area contributed by atoms with Crippen LogP contribution in [0.4, 0.5) is 0 Å². The van der Waals surface area contributed by atoms with Crippen molar-refractivity contribution >= 4 is 0 Å². The number of unbranched alkanes of at least 4 members (excludes halogenated alkanes) is 1. The number of rotatable bonds is 9. The van der Waals surface area contributed by atoms with Crippen LogP contribution in [0.3, 0.4) is 0 Å². The molecule has 0 aromatic carbocycles. The lowest BCUT2D eigenvalue weighted by molar-refractivity contribution is -0.216. The first-order valence-corrected chi connectivity index (χ1v) is 5.19. The van der Waals surface area contributed by atoms with Crippen molar-refractivity contribution in [1.29, 1.82) is 0 Å². The van der Waals surface area contributed by atoms with E-state index in [1.54, 1.807) is 13.8 Å². The Bertz CT molecular complexity index is 117. The molecule has 0 aromatic rings. The molecule has 2 unspecified atom stereocenters. The van der Waals surface area contributed by atoms with Gasteiger partial charge in [-0.25, -0.2) is 0 Å². The molecule has 1 N–H and O–H groups in total. The van der Waals surface area contributed by atoms with Crippen LogP contribution in [0.5, 0.6) is 0 Å². The molecular formula is C10H22O4.